The molecule has 0 N–H and O–H groups in total. The Balaban J connectivity index is 1.94. The van der Waals surface area contributed by atoms with Crippen molar-refractivity contribution in [3.63, 3.8) is 0 Å². The van der Waals surface area contributed by atoms with Gasteiger partial charge in [0.2, 0.25) is 0 Å². The first-order valence-corrected chi connectivity index (χ1v) is 7.86. The molecule has 0 atom stereocenters. The largest absolute Gasteiger partial charge is 0.489 e. The molecule has 0 aliphatic rings. The Kier molecular flexibility index (Phi) is 5.10. The lowest BCUT2D eigenvalue weighted by Crippen LogP contribution is -1.97. The summed E-state index contributed by atoms with van der Waals surface area (Å²) in [5, 5.41) is -0.559. The van der Waals surface area contributed by atoms with E-state index in [2.05, 4.69) is 0 Å². The molecule has 0 radical (unpaired) electrons. The van der Waals surface area contributed by atoms with Crippen LogP contribution in [0.15, 0.2) is 60.7 Å². The van der Waals surface area contributed by atoms with E-state index < -0.39 is 16.7 Å². The van der Waals surface area contributed by atoms with Crippen molar-refractivity contribution in [1.82, 2.24) is 0 Å². The van der Waals surface area contributed by atoms with Crippen molar-refractivity contribution in [2.45, 2.75) is 6.61 Å². The minimum Gasteiger partial charge on any atom is -0.489 e. The summed E-state index contributed by atoms with van der Waals surface area (Å²) in [4.78, 5) is 11.2. The van der Waals surface area contributed by atoms with Gasteiger partial charge in [0.25, 0.3) is 0 Å². The Labute approximate surface area is 148 Å². The zero-order valence-corrected chi connectivity index (χ0v) is 13.8. The number of carbonyl (C=O) groups excluding carboxylic acids is 1. The minimum atomic E-state index is -0.861. The molecule has 0 aliphatic carbocycles. The van der Waals surface area contributed by atoms with Crippen LogP contribution in [0.25, 0.3) is 11.1 Å². The number of hydrogen-bond donors (Lipinski definition) is 0. The average molecular weight is 359 g/mol. The first-order valence-electron chi connectivity index (χ1n) is 7.49. The van der Waals surface area contributed by atoms with Gasteiger partial charge >= 0.3 is 0 Å². The van der Waals surface area contributed by atoms with Crippen LogP contribution in [-0.2, 0) is 6.61 Å². The molecule has 0 heterocycles. The van der Waals surface area contributed by atoms with Crippen LogP contribution in [0.5, 0.6) is 5.75 Å². The Bertz CT molecular complexity index is 888. The molecule has 3 aromatic carbocycles. The molecule has 0 amide bonds. The normalized spacial score (nSPS) is 10.5. The van der Waals surface area contributed by atoms with Gasteiger partial charge in [-0.2, -0.15) is 0 Å². The fourth-order valence-corrected chi connectivity index (χ4v) is 2.51. The predicted molar refractivity (Wildman–Crippen MR) is 93.0 cm³/mol. The van der Waals surface area contributed by atoms with Crippen LogP contribution in [0.1, 0.15) is 15.9 Å². The maximum atomic E-state index is 13.7. The highest BCUT2D eigenvalue weighted by atomic mass is 35.5. The van der Waals surface area contributed by atoms with Crippen molar-refractivity contribution in [3.05, 3.63) is 88.4 Å². The van der Waals surface area contributed by atoms with Crippen molar-refractivity contribution < 1.29 is 18.3 Å². The highest BCUT2D eigenvalue weighted by Gasteiger charge is 2.12. The van der Waals surface area contributed by atoms with Crippen LogP contribution in [0, 0.1) is 11.6 Å². The molecule has 3 rings (SSSR count). The van der Waals surface area contributed by atoms with Gasteiger partial charge in [0.1, 0.15) is 35.3 Å². The van der Waals surface area contributed by atoms with Gasteiger partial charge in [-0.25, -0.2) is 8.78 Å². The van der Waals surface area contributed by atoms with Gasteiger partial charge < -0.3 is 4.74 Å². The third kappa shape index (κ3) is 4.03. The van der Waals surface area contributed by atoms with Crippen LogP contribution in [0.4, 0.5) is 8.78 Å². The van der Waals surface area contributed by atoms with Crippen LogP contribution < -0.4 is 4.74 Å². The first-order chi connectivity index (χ1) is 12.1. The van der Waals surface area contributed by atoms with Crippen molar-refractivity contribution in [2.75, 3.05) is 0 Å². The molecular weight excluding hydrogens is 346 g/mol. The summed E-state index contributed by atoms with van der Waals surface area (Å²) in [6.45, 7) is 0.311. The summed E-state index contributed by atoms with van der Waals surface area (Å²) in [6, 6.07) is 16.5. The van der Waals surface area contributed by atoms with E-state index in [-0.39, 0.29) is 5.56 Å². The number of carbonyl (C=O) groups is 1. The van der Waals surface area contributed by atoms with Crippen molar-refractivity contribution >= 4 is 17.9 Å². The smallest absolute Gasteiger partial charge is 0.150 e. The molecule has 126 valence electrons. The van der Waals surface area contributed by atoms with E-state index in [1.807, 2.05) is 30.3 Å². The van der Waals surface area contributed by atoms with Gasteiger partial charge in [0.05, 0.1) is 0 Å². The number of benzene rings is 3. The van der Waals surface area contributed by atoms with Gasteiger partial charge in [0, 0.05) is 5.56 Å². The summed E-state index contributed by atoms with van der Waals surface area (Å²) in [5.41, 5.74) is 2.04. The summed E-state index contributed by atoms with van der Waals surface area (Å²) < 4.78 is 33.1. The van der Waals surface area contributed by atoms with Gasteiger partial charge in [-0.05, 0) is 47.0 Å². The Morgan fingerprint density at radius 2 is 1.56 bits per heavy atom. The van der Waals surface area contributed by atoms with Crippen molar-refractivity contribution in [2.24, 2.45) is 0 Å². The zero-order valence-electron chi connectivity index (χ0n) is 13.0. The van der Waals surface area contributed by atoms with Crippen LogP contribution >= 0.6 is 11.6 Å². The summed E-state index contributed by atoms with van der Waals surface area (Å²) in [5.74, 6) is -1.29. The van der Waals surface area contributed by atoms with Crippen molar-refractivity contribution in [1.29, 1.82) is 0 Å². The maximum absolute atomic E-state index is 13.7. The molecule has 0 fully saturated rings. The van der Waals surface area contributed by atoms with E-state index in [9.17, 15) is 13.6 Å². The molecule has 3 aromatic rings. The fraction of sp³-hybridized carbons (Fsp3) is 0.0500. The lowest BCUT2D eigenvalue weighted by Gasteiger charge is -2.10. The molecule has 25 heavy (non-hydrogen) atoms. The molecule has 0 spiro atoms. The summed E-state index contributed by atoms with van der Waals surface area (Å²) in [7, 11) is 0. The third-order valence-electron chi connectivity index (χ3n) is 3.63. The van der Waals surface area contributed by atoms with Crippen LogP contribution in [0.2, 0.25) is 5.02 Å². The van der Waals surface area contributed by atoms with E-state index in [1.165, 1.54) is 6.07 Å². The predicted octanol–water partition coefficient (Wildman–Crippen LogP) is 5.68. The number of halogens is 3. The van der Waals surface area contributed by atoms with Crippen LogP contribution in [0.3, 0.4) is 0 Å². The van der Waals surface area contributed by atoms with Gasteiger partial charge in [-0.3, -0.25) is 4.79 Å². The maximum Gasteiger partial charge on any atom is 0.150 e. The van der Waals surface area contributed by atoms with Gasteiger partial charge in [-0.1, -0.05) is 41.9 Å². The quantitative estimate of drug-likeness (QED) is 0.433. The van der Waals surface area contributed by atoms with E-state index >= 15 is 0 Å². The van der Waals surface area contributed by atoms with E-state index in [4.69, 9.17) is 16.3 Å². The second-order valence-corrected chi connectivity index (χ2v) is 5.81. The molecule has 0 unspecified atom stereocenters. The molecule has 0 aliphatic heterocycles. The monoisotopic (exact) mass is 358 g/mol. The lowest BCUT2D eigenvalue weighted by molar-refractivity contribution is 0.112. The zero-order chi connectivity index (χ0) is 17.8. The molecule has 0 saturated carbocycles. The second kappa shape index (κ2) is 7.45. The Hall–Kier alpha value is -2.72. The molecule has 2 nitrogen and oxygen atoms in total. The molecular formula is C20H13ClF2O2. The van der Waals surface area contributed by atoms with E-state index in [0.29, 0.717) is 29.8 Å². The summed E-state index contributed by atoms with van der Waals surface area (Å²) in [6.07, 6.45) is 0.654. The highest BCUT2D eigenvalue weighted by Crippen LogP contribution is 2.30. The Morgan fingerprint density at radius 3 is 2.20 bits per heavy atom. The second-order valence-electron chi connectivity index (χ2n) is 5.44. The number of aldehydes is 1. The van der Waals surface area contributed by atoms with E-state index in [1.54, 1.807) is 12.1 Å². The minimum absolute atomic E-state index is 0.271. The van der Waals surface area contributed by atoms with E-state index in [0.717, 1.165) is 17.7 Å². The van der Waals surface area contributed by atoms with Crippen LogP contribution in [-0.4, -0.2) is 6.29 Å². The number of hydrogen-bond acceptors (Lipinski definition) is 2. The highest BCUT2D eigenvalue weighted by molar-refractivity contribution is 6.31. The van der Waals surface area contributed by atoms with Gasteiger partial charge in [-0.15, -0.1) is 0 Å². The lowest BCUT2D eigenvalue weighted by atomic mass is 10.0. The Morgan fingerprint density at radius 1 is 0.920 bits per heavy atom. The molecule has 0 aromatic heterocycles. The third-order valence-corrected chi connectivity index (χ3v) is 3.99. The first kappa shape index (κ1) is 17.1. The van der Waals surface area contributed by atoms with Crippen molar-refractivity contribution in [3.8, 4) is 16.9 Å². The topological polar surface area (TPSA) is 26.3 Å². The fourth-order valence-electron chi connectivity index (χ4n) is 2.40. The average Bonchev–Trinajstić information content (AvgIpc) is 2.64. The molecule has 5 heteroatoms. The number of rotatable bonds is 5. The summed E-state index contributed by atoms with van der Waals surface area (Å²) >= 11 is 5.51. The standard InChI is InChI=1S/C20H13ClF2O2/c21-20-18(22)9-16(10-19(20)23)15-6-14(11-24)7-17(8-15)25-12-13-4-2-1-3-5-13/h1-11H,12H2. The van der Waals surface area contributed by atoms with Gasteiger partial charge in [0.15, 0.2) is 0 Å². The molecule has 0 saturated heterocycles. The SMILES string of the molecule is O=Cc1cc(OCc2ccccc2)cc(-c2cc(F)c(Cl)c(F)c2)c1. The molecule has 0 bridgehead atoms. The number of ether oxygens (including phenoxy) is 1.